The number of aryl methyl sites for hydroxylation is 1. The molecular weight excluding hydrogens is 274 g/mol. The van der Waals surface area contributed by atoms with E-state index in [2.05, 4.69) is 4.98 Å². The van der Waals surface area contributed by atoms with Gasteiger partial charge in [-0.2, -0.15) is 0 Å². The van der Waals surface area contributed by atoms with E-state index in [1.165, 1.54) is 12.1 Å². The number of aromatic nitrogens is 2. The third kappa shape index (κ3) is 2.18. The largest absolute Gasteiger partial charge is 0.340 e. The number of imide groups is 1. The zero-order valence-electron chi connectivity index (χ0n) is 11.1. The molecule has 1 aliphatic rings. The van der Waals surface area contributed by atoms with Gasteiger partial charge in [-0.05, 0) is 12.1 Å². The molecule has 0 saturated heterocycles. The summed E-state index contributed by atoms with van der Waals surface area (Å²) in [7, 11) is 1.73. The molecule has 2 heterocycles. The minimum atomic E-state index is -0.723. The molecule has 1 aromatic heterocycles. The Balaban J connectivity index is 1.75. The van der Waals surface area contributed by atoms with E-state index in [1.54, 1.807) is 36.1 Å². The molecule has 21 heavy (non-hydrogen) atoms. The number of rotatable bonds is 3. The van der Waals surface area contributed by atoms with Crippen molar-refractivity contribution in [1.29, 1.82) is 0 Å². The standard InChI is InChI=1S/C14H11N3O4/c1-16-7-6-15-11(16)8-12(18)21-17-13(19)9-4-2-3-5-10(9)14(17)20/h2-7H,8H2,1H3. The van der Waals surface area contributed by atoms with E-state index in [-0.39, 0.29) is 17.5 Å². The van der Waals surface area contributed by atoms with E-state index in [4.69, 9.17) is 4.84 Å². The summed E-state index contributed by atoms with van der Waals surface area (Å²) < 4.78 is 1.66. The first-order chi connectivity index (χ1) is 10.1. The topological polar surface area (TPSA) is 81.5 Å². The molecule has 2 amide bonds. The quantitative estimate of drug-likeness (QED) is 0.776. The summed E-state index contributed by atoms with van der Waals surface area (Å²) in [5.74, 6) is -1.51. The number of amides is 2. The highest BCUT2D eigenvalue weighted by atomic mass is 16.7. The van der Waals surface area contributed by atoms with E-state index >= 15 is 0 Å². The molecule has 2 aromatic rings. The Morgan fingerprint density at radius 3 is 2.33 bits per heavy atom. The maximum atomic E-state index is 12.0. The van der Waals surface area contributed by atoms with Gasteiger partial charge in [0.15, 0.2) is 0 Å². The van der Waals surface area contributed by atoms with Gasteiger partial charge in [0.25, 0.3) is 11.8 Å². The van der Waals surface area contributed by atoms with Gasteiger partial charge >= 0.3 is 5.97 Å². The summed E-state index contributed by atoms with van der Waals surface area (Å²) in [6, 6.07) is 6.32. The second-order valence-corrected chi connectivity index (χ2v) is 4.54. The molecule has 0 bridgehead atoms. The first-order valence-electron chi connectivity index (χ1n) is 6.22. The predicted molar refractivity (Wildman–Crippen MR) is 69.9 cm³/mol. The Labute approximate surface area is 119 Å². The molecule has 0 fully saturated rings. The average molecular weight is 285 g/mol. The fourth-order valence-electron chi connectivity index (χ4n) is 2.08. The number of benzene rings is 1. The zero-order chi connectivity index (χ0) is 15.0. The molecule has 0 N–H and O–H groups in total. The van der Waals surface area contributed by atoms with Gasteiger partial charge in [-0.25, -0.2) is 9.78 Å². The lowest BCUT2D eigenvalue weighted by atomic mass is 10.1. The summed E-state index contributed by atoms with van der Waals surface area (Å²) in [6.07, 6.45) is 3.10. The third-order valence-corrected chi connectivity index (χ3v) is 3.17. The number of carbonyl (C=O) groups is 3. The second-order valence-electron chi connectivity index (χ2n) is 4.54. The van der Waals surface area contributed by atoms with E-state index in [0.717, 1.165) is 0 Å². The van der Waals surface area contributed by atoms with Crippen LogP contribution in [0, 0.1) is 0 Å². The van der Waals surface area contributed by atoms with Crippen molar-refractivity contribution in [1.82, 2.24) is 14.6 Å². The number of imidazole rings is 1. The molecule has 1 aliphatic heterocycles. The van der Waals surface area contributed by atoms with Gasteiger partial charge < -0.3 is 9.40 Å². The maximum absolute atomic E-state index is 12.0. The van der Waals surface area contributed by atoms with Crippen LogP contribution in [-0.4, -0.2) is 32.4 Å². The van der Waals surface area contributed by atoms with Crippen LogP contribution in [0.25, 0.3) is 0 Å². The van der Waals surface area contributed by atoms with Crippen LogP contribution in [0.3, 0.4) is 0 Å². The van der Waals surface area contributed by atoms with Crippen molar-refractivity contribution in [2.45, 2.75) is 6.42 Å². The molecule has 0 spiro atoms. The fraction of sp³-hybridized carbons (Fsp3) is 0.143. The fourth-order valence-corrected chi connectivity index (χ4v) is 2.08. The number of hydrogen-bond acceptors (Lipinski definition) is 5. The van der Waals surface area contributed by atoms with Gasteiger partial charge in [-0.3, -0.25) is 9.59 Å². The number of hydrogen-bond donors (Lipinski definition) is 0. The van der Waals surface area contributed by atoms with Crippen LogP contribution in [-0.2, 0) is 23.1 Å². The highest BCUT2D eigenvalue weighted by Crippen LogP contribution is 2.22. The van der Waals surface area contributed by atoms with Gasteiger partial charge in [-0.1, -0.05) is 17.2 Å². The Hall–Kier alpha value is -2.96. The Kier molecular flexibility index (Phi) is 3.02. The minimum absolute atomic E-state index is 0.128. The number of nitrogens with zero attached hydrogens (tertiary/aromatic N) is 3. The van der Waals surface area contributed by atoms with Crippen molar-refractivity contribution in [3.05, 3.63) is 53.6 Å². The van der Waals surface area contributed by atoms with Crippen LogP contribution in [0.2, 0.25) is 0 Å². The number of fused-ring (bicyclic) bond motifs is 1. The Bertz CT molecular complexity index is 715. The van der Waals surface area contributed by atoms with E-state index in [1.807, 2.05) is 0 Å². The van der Waals surface area contributed by atoms with Crippen molar-refractivity contribution in [2.24, 2.45) is 7.05 Å². The van der Waals surface area contributed by atoms with Crippen molar-refractivity contribution < 1.29 is 19.2 Å². The highest BCUT2D eigenvalue weighted by molar-refractivity contribution is 6.20. The molecule has 3 rings (SSSR count). The second kappa shape index (κ2) is 4.86. The highest BCUT2D eigenvalue weighted by Gasteiger charge is 2.38. The SMILES string of the molecule is Cn1ccnc1CC(=O)ON1C(=O)c2ccccc2C1=O. The summed E-state index contributed by atoms with van der Waals surface area (Å²) in [6.45, 7) is 0. The average Bonchev–Trinajstić information content (AvgIpc) is 2.97. The molecule has 7 heteroatoms. The number of hydroxylamine groups is 2. The maximum Gasteiger partial charge on any atom is 0.340 e. The van der Waals surface area contributed by atoms with E-state index < -0.39 is 17.8 Å². The van der Waals surface area contributed by atoms with Crippen molar-refractivity contribution in [3.63, 3.8) is 0 Å². The molecule has 0 aliphatic carbocycles. The van der Waals surface area contributed by atoms with Gasteiger partial charge in [0, 0.05) is 19.4 Å². The van der Waals surface area contributed by atoms with E-state index in [0.29, 0.717) is 10.9 Å². The zero-order valence-corrected chi connectivity index (χ0v) is 11.1. The lowest BCUT2D eigenvalue weighted by Gasteiger charge is -2.12. The van der Waals surface area contributed by atoms with Crippen molar-refractivity contribution >= 4 is 17.8 Å². The van der Waals surface area contributed by atoms with Crippen LogP contribution in [0.15, 0.2) is 36.7 Å². The first kappa shape index (κ1) is 13.0. The lowest BCUT2D eigenvalue weighted by molar-refractivity contribution is -0.167. The smallest absolute Gasteiger partial charge is 0.338 e. The van der Waals surface area contributed by atoms with Gasteiger partial charge in [0.2, 0.25) is 0 Å². The Morgan fingerprint density at radius 1 is 1.19 bits per heavy atom. The van der Waals surface area contributed by atoms with Crippen LogP contribution in [0.4, 0.5) is 0 Å². The van der Waals surface area contributed by atoms with Gasteiger partial charge in [0.1, 0.15) is 12.2 Å². The van der Waals surface area contributed by atoms with E-state index in [9.17, 15) is 14.4 Å². The number of carbonyl (C=O) groups excluding carboxylic acids is 3. The molecule has 7 nitrogen and oxygen atoms in total. The molecule has 1 aromatic carbocycles. The molecular formula is C14H11N3O4. The van der Waals surface area contributed by atoms with Crippen LogP contribution in [0.1, 0.15) is 26.5 Å². The third-order valence-electron chi connectivity index (χ3n) is 3.17. The first-order valence-corrected chi connectivity index (χ1v) is 6.22. The predicted octanol–water partition coefficient (Wildman–Crippen LogP) is 0.717. The molecule has 0 atom stereocenters. The summed E-state index contributed by atoms with van der Waals surface area (Å²) in [5, 5.41) is 0.496. The van der Waals surface area contributed by atoms with Crippen molar-refractivity contribution in [2.75, 3.05) is 0 Å². The van der Waals surface area contributed by atoms with Gasteiger partial charge in [-0.15, -0.1) is 0 Å². The Morgan fingerprint density at radius 2 is 1.81 bits per heavy atom. The molecule has 0 radical (unpaired) electrons. The summed E-state index contributed by atoms with van der Waals surface area (Å²) >= 11 is 0. The normalized spacial score (nSPS) is 13.5. The van der Waals surface area contributed by atoms with Crippen LogP contribution < -0.4 is 0 Å². The molecule has 106 valence electrons. The summed E-state index contributed by atoms with van der Waals surface area (Å²) in [4.78, 5) is 44.7. The van der Waals surface area contributed by atoms with Crippen molar-refractivity contribution in [3.8, 4) is 0 Å². The molecule has 0 unspecified atom stereocenters. The minimum Gasteiger partial charge on any atom is -0.338 e. The molecule has 0 saturated carbocycles. The van der Waals surface area contributed by atoms with Gasteiger partial charge in [0.05, 0.1) is 11.1 Å². The van der Waals surface area contributed by atoms with Crippen LogP contribution in [0.5, 0.6) is 0 Å². The monoisotopic (exact) mass is 285 g/mol. The van der Waals surface area contributed by atoms with Crippen LogP contribution >= 0.6 is 0 Å². The summed E-state index contributed by atoms with van der Waals surface area (Å²) in [5.41, 5.74) is 0.458. The lowest BCUT2D eigenvalue weighted by Crippen LogP contribution is -2.33.